The molecule has 2 heterocycles. The van der Waals surface area contributed by atoms with E-state index in [1.165, 1.54) is 33.5 Å². The number of nitrogens with zero attached hydrogens (tertiary/aromatic N) is 3. The standard InChI is InChI=1S/C24H20ClN3O3S3/c1-2-31-22(30)19(12-15-6-4-3-5-7-15)28-21(29)20(34-24(28)32)13-26-23-27-18(14-33-23)16-8-10-17(25)11-9-16/h3-11,13-14,19,29H,2,12H2,1H3/t19-/m1/s1. The number of carbonyl (C=O) groups is 1. The van der Waals surface area contributed by atoms with Crippen molar-refractivity contribution in [2.75, 3.05) is 6.61 Å². The largest absolute Gasteiger partial charge is 0.493 e. The van der Waals surface area contributed by atoms with E-state index in [4.69, 9.17) is 28.6 Å². The molecule has 10 heteroatoms. The highest BCUT2D eigenvalue weighted by atomic mass is 35.5. The molecule has 4 rings (SSSR count). The van der Waals surface area contributed by atoms with E-state index in [1.807, 2.05) is 60.0 Å². The molecule has 0 spiro atoms. The van der Waals surface area contributed by atoms with Gasteiger partial charge in [0.1, 0.15) is 10.9 Å². The highest BCUT2D eigenvalue weighted by Crippen LogP contribution is 2.32. The van der Waals surface area contributed by atoms with Crippen molar-refractivity contribution >= 4 is 63.8 Å². The summed E-state index contributed by atoms with van der Waals surface area (Å²) in [4.78, 5) is 22.1. The van der Waals surface area contributed by atoms with Crippen LogP contribution in [-0.2, 0) is 16.0 Å². The number of esters is 1. The van der Waals surface area contributed by atoms with Crippen LogP contribution in [0.3, 0.4) is 0 Å². The van der Waals surface area contributed by atoms with Crippen LogP contribution in [0.5, 0.6) is 5.88 Å². The third-order valence-corrected chi connectivity index (χ3v) is 7.24. The highest BCUT2D eigenvalue weighted by molar-refractivity contribution is 7.73. The minimum absolute atomic E-state index is 0.123. The van der Waals surface area contributed by atoms with Crippen molar-refractivity contribution in [2.24, 2.45) is 4.99 Å². The van der Waals surface area contributed by atoms with E-state index in [1.54, 1.807) is 6.92 Å². The number of hydrogen-bond donors (Lipinski definition) is 1. The molecule has 0 bridgehead atoms. The smallest absolute Gasteiger partial charge is 0.329 e. The van der Waals surface area contributed by atoms with Crippen LogP contribution in [0.25, 0.3) is 11.3 Å². The molecule has 0 aliphatic carbocycles. The Morgan fingerprint density at radius 1 is 1.26 bits per heavy atom. The maximum Gasteiger partial charge on any atom is 0.329 e. The Kier molecular flexibility index (Phi) is 7.89. The van der Waals surface area contributed by atoms with Gasteiger partial charge in [0.2, 0.25) is 11.0 Å². The van der Waals surface area contributed by atoms with Crippen LogP contribution < -0.4 is 0 Å². The highest BCUT2D eigenvalue weighted by Gasteiger charge is 2.27. The maximum absolute atomic E-state index is 12.8. The molecule has 0 fully saturated rings. The number of rotatable bonds is 8. The van der Waals surface area contributed by atoms with Crippen LogP contribution in [0.1, 0.15) is 23.4 Å². The fraction of sp³-hybridized carbons (Fsp3) is 0.167. The van der Waals surface area contributed by atoms with Gasteiger partial charge in [-0.2, -0.15) is 0 Å². The van der Waals surface area contributed by atoms with Gasteiger partial charge in [-0.25, -0.2) is 14.8 Å². The minimum atomic E-state index is -0.787. The summed E-state index contributed by atoms with van der Waals surface area (Å²) in [5.74, 6) is -0.575. The van der Waals surface area contributed by atoms with Crippen LogP contribution in [0.15, 0.2) is 65.0 Å². The lowest BCUT2D eigenvalue weighted by Crippen LogP contribution is -2.24. The molecule has 174 valence electrons. The third-order valence-electron chi connectivity index (χ3n) is 4.91. The Morgan fingerprint density at radius 2 is 2.00 bits per heavy atom. The predicted octanol–water partition coefficient (Wildman–Crippen LogP) is 6.86. The van der Waals surface area contributed by atoms with Crippen molar-refractivity contribution in [1.82, 2.24) is 9.55 Å². The van der Waals surface area contributed by atoms with Crippen molar-refractivity contribution in [3.63, 3.8) is 0 Å². The average molecular weight is 530 g/mol. The fourth-order valence-corrected chi connectivity index (χ4v) is 5.37. The normalized spacial score (nSPS) is 12.2. The molecule has 34 heavy (non-hydrogen) atoms. The van der Waals surface area contributed by atoms with Gasteiger partial charge in [0, 0.05) is 22.4 Å². The third kappa shape index (κ3) is 5.61. The summed E-state index contributed by atoms with van der Waals surface area (Å²) in [5.41, 5.74) is 2.65. The number of carbonyl (C=O) groups excluding carboxylic acids is 1. The number of benzene rings is 2. The van der Waals surface area contributed by atoms with Gasteiger partial charge < -0.3 is 9.84 Å². The molecule has 2 aromatic carbocycles. The molecule has 6 nitrogen and oxygen atoms in total. The van der Waals surface area contributed by atoms with Crippen LogP contribution in [0.2, 0.25) is 5.02 Å². The van der Waals surface area contributed by atoms with Crippen LogP contribution in [0.4, 0.5) is 5.13 Å². The second kappa shape index (κ2) is 11.1. The van der Waals surface area contributed by atoms with Crippen LogP contribution >= 0.6 is 46.5 Å². The number of aromatic hydroxyl groups is 1. The van der Waals surface area contributed by atoms with Gasteiger partial charge in [-0.1, -0.05) is 65.4 Å². The zero-order valence-corrected chi connectivity index (χ0v) is 21.3. The molecule has 0 saturated carbocycles. The number of thiazole rings is 2. The van der Waals surface area contributed by atoms with E-state index in [0.29, 0.717) is 25.4 Å². The lowest BCUT2D eigenvalue weighted by atomic mass is 10.1. The summed E-state index contributed by atoms with van der Waals surface area (Å²) in [5, 5.41) is 14.0. The molecular formula is C24H20ClN3O3S3. The van der Waals surface area contributed by atoms with E-state index in [-0.39, 0.29) is 12.5 Å². The summed E-state index contributed by atoms with van der Waals surface area (Å²) >= 11 is 14.0. The monoisotopic (exact) mass is 529 g/mol. The summed E-state index contributed by atoms with van der Waals surface area (Å²) in [6.45, 7) is 1.98. The minimum Gasteiger partial charge on any atom is -0.493 e. The van der Waals surface area contributed by atoms with Crippen LogP contribution in [-0.4, -0.2) is 33.4 Å². The molecule has 1 N–H and O–H groups in total. The summed E-state index contributed by atoms with van der Waals surface area (Å²) in [6, 6.07) is 16.2. The molecule has 0 amide bonds. The zero-order chi connectivity index (χ0) is 24.1. The summed E-state index contributed by atoms with van der Waals surface area (Å²) in [7, 11) is 0. The van der Waals surface area contributed by atoms with Gasteiger partial charge in [0.15, 0.2) is 3.95 Å². The van der Waals surface area contributed by atoms with Crippen molar-refractivity contribution in [3.05, 3.63) is 79.4 Å². The first-order valence-corrected chi connectivity index (χ1v) is 12.8. The first kappa shape index (κ1) is 24.3. The van der Waals surface area contributed by atoms with Gasteiger partial charge in [-0.05, 0) is 36.8 Å². The van der Waals surface area contributed by atoms with Gasteiger partial charge in [-0.3, -0.25) is 4.57 Å². The molecule has 0 saturated heterocycles. The molecule has 2 aromatic heterocycles. The van der Waals surface area contributed by atoms with Crippen LogP contribution in [0, 0.1) is 3.95 Å². The summed E-state index contributed by atoms with van der Waals surface area (Å²) in [6.07, 6.45) is 1.85. The molecule has 0 unspecified atom stereocenters. The Labute approximate surface area is 214 Å². The molecule has 0 aliphatic heterocycles. The Bertz CT molecular complexity index is 1360. The van der Waals surface area contributed by atoms with E-state index >= 15 is 0 Å². The predicted molar refractivity (Wildman–Crippen MR) is 140 cm³/mol. The van der Waals surface area contributed by atoms with Crippen molar-refractivity contribution < 1.29 is 14.6 Å². The lowest BCUT2D eigenvalue weighted by molar-refractivity contribution is -0.147. The van der Waals surface area contributed by atoms with Gasteiger partial charge in [-0.15, -0.1) is 11.3 Å². The van der Waals surface area contributed by atoms with Gasteiger partial charge >= 0.3 is 5.97 Å². The first-order valence-electron chi connectivity index (χ1n) is 10.4. The molecular weight excluding hydrogens is 510 g/mol. The number of ether oxygens (including phenoxy) is 1. The van der Waals surface area contributed by atoms with Crippen molar-refractivity contribution in [2.45, 2.75) is 19.4 Å². The summed E-state index contributed by atoms with van der Waals surface area (Å²) < 4.78 is 7.06. The fourth-order valence-electron chi connectivity index (χ4n) is 3.30. The Morgan fingerprint density at radius 3 is 2.71 bits per heavy atom. The molecule has 4 aromatic rings. The second-order valence-electron chi connectivity index (χ2n) is 7.16. The van der Waals surface area contributed by atoms with Crippen molar-refractivity contribution in [1.29, 1.82) is 0 Å². The average Bonchev–Trinajstić information content (AvgIpc) is 3.41. The quantitative estimate of drug-likeness (QED) is 0.153. The zero-order valence-electron chi connectivity index (χ0n) is 18.1. The van der Waals surface area contributed by atoms with E-state index < -0.39 is 12.0 Å². The van der Waals surface area contributed by atoms with E-state index in [0.717, 1.165) is 16.8 Å². The molecule has 0 radical (unpaired) electrons. The lowest BCUT2D eigenvalue weighted by Gasteiger charge is -2.18. The SMILES string of the molecule is CCOC(=O)[C@@H](Cc1ccccc1)n1c(O)c(C=Nc2nc(-c3ccc(Cl)cc3)cs2)sc1=S. The van der Waals surface area contributed by atoms with Crippen molar-refractivity contribution in [3.8, 4) is 17.1 Å². The number of hydrogen-bond acceptors (Lipinski definition) is 8. The van der Waals surface area contributed by atoms with E-state index in [2.05, 4.69) is 9.98 Å². The number of aromatic nitrogens is 2. The van der Waals surface area contributed by atoms with Gasteiger partial charge in [0.25, 0.3) is 0 Å². The Balaban J connectivity index is 1.60. The first-order chi connectivity index (χ1) is 16.5. The van der Waals surface area contributed by atoms with Gasteiger partial charge in [0.05, 0.1) is 18.5 Å². The molecule has 1 atom stereocenters. The topological polar surface area (TPSA) is 76.7 Å². The second-order valence-corrected chi connectivity index (χ2v) is 10.1. The Hall–Kier alpha value is -2.85. The maximum atomic E-state index is 12.8. The van der Waals surface area contributed by atoms with E-state index in [9.17, 15) is 9.90 Å². The number of aliphatic imine (C=N–C) groups is 1. The number of halogens is 1. The molecule has 0 aliphatic rings.